The summed E-state index contributed by atoms with van der Waals surface area (Å²) >= 11 is 0. The van der Waals surface area contributed by atoms with Gasteiger partial charge < -0.3 is 30.1 Å². The molecular formula is C36H44F2N8O5. The Bertz CT molecular complexity index is 1820. The van der Waals surface area contributed by atoms with Gasteiger partial charge in [0.25, 0.3) is 23.6 Å². The van der Waals surface area contributed by atoms with E-state index < -0.39 is 11.8 Å². The van der Waals surface area contributed by atoms with Crippen molar-refractivity contribution in [1.82, 2.24) is 23.8 Å². The maximum atomic E-state index is 13.6. The first-order chi connectivity index (χ1) is 24.3. The quantitative estimate of drug-likeness (QED) is 0.172. The third-order valence-electron chi connectivity index (χ3n) is 9.71. The van der Waals surface area contributed by atoms with Gasteiger partial charge in [0.15, 0.2) is 0 Å². The normalized spacial score (nSPS) is 18.3. The Balaban J connectivity index is 0.000000200. The maximum absolute atomic E-state index is 13.6. The van der Waals surface area contributed by atoms with Gasteiger partial charge in [-0.05, 0) is 72.9 Å². The largest absolute Gasteiger partial charge is 0.412 e. The number of hydrazine groups is 1. The molecule has 13 nitrogen and oxygen atoms in total. The predicted octanol–water partition coefficient (Wildman–Crippen LogP) is 2.25. The number of imide groups is 1. The van der Waals surface area contributed by atoms with Gasteiger partial charge >= 0.3 is 0 Å². The molecule has 0 atom stereocenters. The summed E-state index contributed by atoms with van der Waals surface area (Å²) < 4.78 is 29.8. The number of halogens is 2. The second kappa shape index (κ2) is 15.9. The van der Waals surface area contributed by atoms with Gasteiger partial charge in [-0.25, -0.2) is 8.78 Å². The van der Waals surface area contributed by atoms with Crippen LogP contribution in [0.1, 0.15) is 78.2 Å². The fourth-order valence-electron chi connectivity index (χ4n) is 6.86. The fourth-order valence-corrected chi connectivity index (χ4v) is 6.86. The van der Waals surface area contributed by atoms with Crippen LogP contribution in [-0.4, -0.2) is 91.2 Å². The molecule has 2 aromatic heterocycles. The molecule has 51 heavy (non-hydrogen) atoms. The van der Waals surface area contributed by atoms with Crippen molar-refractivity contribution in [1.29, 1.82) is 0 Å². The maximum Gasteiger partial charge on any atom is 0.261 e. The molecule has 3 aliphatic heterocycles. The van der Waals surface area contributed by atoms with Crippen molar-refractivity contribution in [3.8, 4) is 0 Å². The van der Waals surface area contributed by atoms with Crippen molar-refractivity contribution in [3.05, 3.63) is 106 Å². The van der Waals surface area contributed by atoms with E-state index in [4.69, 9.17) is 5.73 Å². The van der Waals surface area contributed by atoms with Gasteiger partial charge in [0.05, 0.1) is 41.5 Å². The van der Waals surface area contributed by atoms with E-state index in [1.54, 1.807) is 35.0 Å². The van der Waals surface area contributed by atoms with E-state index in [0.717, 1.165) is 73.2 Å². The molecule has 0 spiro atoms. The highest BCUT2D eigenvalue weighted by Crippen LogP contribution is 2.33. The number of fused-ring (bicyclic) bond motifs is 3. The summed E-state index contributed by atoms with van der Waals surface area (Å²) in [5.74, 6) is 7.35. The molecule has 0 radical (unpaired) electrons. The number of nitrogens with zero attached hydrogens (tertiary/aromatic N) is 5. The standard InChI is InChI=1S/C22H20FN3O3.C14H18FN3O.H4N2.H2O/c23-9-14(11-26-20(27)17-3-1-2-4-18(17)21(26)28)10-24-12-15-7-8-25(16-5-6-16)22(29)19(15)13-24;15-5-10(6-16)7-17-8-11-3-4-18(12-1-2-12)14(19)13(11)9-17;1-2;/h1-4,9,12-13,16H,5-8,10-11H2;5,8-9,12H,1-4,6-7,16H2;1-2H2;1H2/b14-9-;10-5+;;. The van der Waals surface area contributed by atoms with Gasteiger partial charge in [0.1, 0.15) is 0 Å². The zero-order valence-electron chi connectivity index (χ0n) is 28.3. The number of hydrogen-bond donors (Lipinski definition) is 3. The van der Waals surface area contributed by atoms with Crippen LogP contribution in [-0.2, 0) is 25.9 Å². The molecule has 5 heterocycles. The third kappa shape index (κ3) is 7.71. The number of carbonyl (C=O) groups excluding carboxylic acids is 4. The van der Waals surface area contributed by atoms with Crippen LogP contribution in [0.5, 0.6) is 0 Å². The number of carbonyl (C=O) groups is 4. The van der Waals surface area contributed by atoms with Gasteiger partial charge in [-0.3, -0.25) is 35.8 Å². The summed E-state index contributed by atoms with van der Waals surface area (Å²) in [6.07, 6.45) is 14.4. The van der Waals surface area contributed by atoms with E-state index in [2.05, 4.69) is 11.7 Å². The molecule has 0 bridgehead atoms. The second-order valence-electron chi connectivity index (χ2n) is 13.2. The van der Waals surface area contributed by atoms with E-state index in [-0.39, 0.29) is 36.9 Å². The lowest BCUT2D eigenvalue weighted by molar-refractivity contribution is 0.0663. The number of rotatable bonds is 9. The first-order valence-electron chi connectivity index (χ1n) is 16.8. The van der Waals surface area contributed by atoms with E-state index in [1.807, 2.05) is 33.0 Å². The molecule has 15 heteroatoms. The zero-order valence-corrected chi connectivity index (χ0v) is 28.3. The molecule has 4 amide bonds. The van der Waals surface area contributed by atoms with E-state index in [9.17, 15) is 28.0 Å². The van der Waals surface area contributed by atoms with Crippen molar-refractivity contribution in [2.45, 2.75) is 63.7 Å². The highest BCUT2D eigenvalue weighted by Gasteiger charge is 2.38. The Labute approximate surface area is 294 Å². The number of amides is 4. The Morgan fingerprint density at radius 1 is 0.647 bits per heavy atom. The lowest BCUT2D eigenvalue weighted by Gasteiger charge is -2.26. The summed E-state index contributed by atoms with van der Waals surface area (Å²) in [7, 11) is 0. The number of nitrogens with two attached hydrogens (primary N) is 3. The summed E-state index contributed by atoms with van der Waals surface area (Å²) in [5, 5.41) is 0. The average Bonchev–Trinajstić information content (AvgIpc) is 4.07. The van der Waals surface area contributed by atoms with Crippen molar-refractivity contribution in [2.24, 2.45) is 17.4 Å². The predicted molar refractivity (Wildman–Crippen MR) is 186 cm³/mol. The molecule has 2 aliphatic carbocycles. The average molecular weight is 707 g/mol. The minimum Gasteiger partial charge on any atom is -0.412 e. The SMILES string of the molecule is NC/C(=C\F)Cn1cc2c(c1)C(=O)N(C1CC1)CC2.NN.O.O=C1c2ccccc2C(=O)N1C/C(=C\F)Cn1cc2c(c1)C(=O)N(C1CC1)CC2. The van der Waals surface area contributed by atoms with Gasteiger partial charge in [-0.1, -0.05) is 12.1 Å². The number of hydrogen-bond acceptors (Lipinski definition) is 7. The second-order valence-corrected chi connectivity index (χ2v) is 13.2. The zero-order chi connectivity index (χ0) is 35.5. The molecule has 0 saturated heterocycles. The molecule has 3 aromatic rings. The monoisotopic (exact) mass is 706 g/mol. The van der Waals surface area contributed by atoms with E-state index in [0.29, 0.717) is 59.1 Å². The minimum atomic E-state index is -0.410. The molecule has 2 fully saturated rings. The van der Waals surface area contributed by atoms with E-state index in [1.165, 1.54) is 0 Å². The fraction of sp³-hybridized carbons (Fsp3) is 0.389. The Morgan fingerprint density at radius 2 is 1.08 bits per heavy atom. The Hall–Kier alpha value is -4.96. The lowest BCUT2D eigenvalue weighted by Crippen LogP contribution is -2.38. The number of benzene rings is 1. The molecule has 8 N–H and O–H groups in total. The smallest absolute Gasteiger partial charge is 0.261 e. The third-order valence-corrected chi connectivity index (χ3v) is 9.71. The van der Waals surface area contributed by atoms with Gasteiger partial charge in [-0.15, -0.1) is 0 Å². The molecule has 272 valence electrons. The van der Waals surface area contributed by atoms with Crippen molar-refractivity contribution >= 4 is 23.6 Å². The lowest BCUT2D eigenvalue weighted by atomic mass is 10.0. The summed E-state index contributed by atoms with van der Waals surface area (Å²) in [6, 6.07) is 7.43. The van der Waals surface area contributed by atoms with Crippen LogP contribution in [0.3, 0.4) is 0 Å². The van der Waals surface area contributed by atoms with Crippen LogP contribution < -0.4 is 17.4 Å². The summed E-state index contributed by atoms with van der Waals surface area (Å²) in [4.78, 5) is 55.0. The van der Waals surface area contributed by atoms with Crippen LogP contribution in [0.4, 0.5) is 8.78 Å². The summed E-state index contributed by atoms with van der Waals surface area (Å²) in [5.41, 5.74) is 10.4. The summed E-state index contributed by atoms with van der Waals surface area (Å²) in [6.45, 7) is 2.20. The first-order valence-corrected chi connectivity index (χ1v) is 16.8. The molecule has 2 saturated carbocycles. The molecule has 8 rings (SSSR count). The molecule has 5 aliphatic rings. The van der Waals surface area contributed by atoms with Crippen LogP contribution in [0.2, 0.25) is 0 Å². The Morgan fingerprint density at radius 3 is 1.47 bits per heavy atom. The van der Waals surface area contributed by atoms with Crippen molar-refractivity contribution < 1.29 is 33.4 Å². The topological polar surface area (TPSA) is 197 Å². The molecule has 1 aromatic carbocycles. The van der Waals surface area contributed by atoms with Gasteiger partial charge in [-0.2, -0.15) is 0 Å². The van der Waals surface area contributed by atoms with Gasteiger partial charge in [0.2, 0.25) is 0 Å². The highest BCUT2D eigenvalue weighted by atomic mass is 19.1. The van der Waals surface area contributed by atoms with Crippen LogP contribution in [0.25, 0.3) is 0 Å². The molecule has 0 unspecified atom stereocenters. The van der Waals surface area contributed by atoms with Gasteiger partial charge in [0, 0.05) is 69.6 Å². The van der Waals surface area contributed by atoms with Crippen molar-refractivity contribution in [2.75, 3.05) is 26.2 Å². The van der Waals surface area contributed by atoms with Crippen molar-refractivity contribution in [3.63, 3.8) is 0 Å². The first kappa shape index (κ1) is 37.3. The van der Waals surface area contributed by atoms with E-state index >= 15 is 0 Å². The molecular weight excluding hydrogens is 662 g/mol. The van der Waals surface area contributed by atoms with Crippen LogP contribution in [0, 0.1) is 0 Å². The minimum absolute atomic E-state index is 0. The van der Waals surface area contributed by atoms with Crippen LogP contribution in [0.15, 0.2) is 72.9 Å². The van der Waals surface area contributed by atoms with Crippen LogP contribution >= 0.6 is 0 Å². The Kier molecular flexibility index (Phi) is 11.7. The number of aromatic nitrogens is 2. The highest BCUT2D eigenvalue weighted by molar-refractivity contribution is 6.21.